The standard InChI is InChI=1S/C35H33N3O8/c1-3-19-44-28-16-14-25(15-17-28)36-34(39)31-32(37(46-33(31)35(36)40)26-11-8-12-27(21-26)38(41)42)24-13-18-29(30(20-24)43-4-2)45-22-23-9-6-5-7-10-23/h5-18,20-21,31-33H,3-4,19,22H2,1-2H3/t31-,32-,33-/m0/s1. The van der Waals surface area contributed by atoms with Gasteiger partial charge in [-0.2, -0.15) is 0 Å². The normalized spacial score (nSPS) is 18.9. The molecule has 4 aromatic carbocycles. The summed E-state index contributed by atoms with van der Waals surface area (Å²) in [5.41, 5.74) is 2.18. The van der Waals surface area contributed by atoms with Gasteiger partial charge in [0.25, 0.3) is 11.6 Å². The summed E-state index contributed by atoms with van der Waals surface area (Å²) in [4.78, 5) is 46.4. The second-order valence-electron chi connectivity index (χ2n) is 10.9. The van der Waals surface area contributed by atoms with E-state index in [-0.39, 0.29) is 5.69 Å². The largest absolute Gasteiger partial charge is 0.494 e. The van der Waals surface area contributed by atoms with Crippen LogP contribution in [0.25, 0.3) is 0 Å². The summed E-state index contributed by atoms with van der Waals surface area (Å²) in [6.07, 6.45) is -0.309. The molecule has 0 unspecified atom stereocenters. The van der Waals surface area contributed by atoms with Crippen molar-refractivity contribution in [3.05, 3.63) is 118 Å². The van der Waals surface area contributed by atoms with E-state index in [1.807, 2.05) is 44.2 Å². The van der Waals surface area contributed by atoms with Crippen LogP contribution in [0.2, 0.25) is 0 Å². The number of hydroxylamine groups is 1. The van der Waals surface area contributed by atoms with Crippen molar-refractivity contribution in [1.82, 2.24) is 0 Å². The molecule has 236 valence electrons. The smallest absolute Gasteiger partial charge is 0.271 e. The van der Waals surface area contributed by atoms with E-state index in [0.29, 0.717) is 54.0 Å². The van der Waals surface area contributed by atoms with E-state index in [2.05, 4.69) is 0 Å². The molecule has 2 aliphatic rings. The Morgan fingerprint density at radius 1 is 0.804 bits per heavy atom. The maximum absolute atomic E-state index is 14.1. The predicted molar refractivity (Wildman–Crippen MR) is 170 cm³/mol. The first-order valence-corrected chi connectivity index (χ1v) is 15.1. The Bertz CT molecular complexity index is 1730. The van der Waals surface area contributed by atoms with Gasteiger partial charge in [0.1, 0.15) is 18.3 Å². The minimum Gasteiger partial charge on any atom is -0.494 e. The Kier molecular flexibility index (Phi) is 8.84. The molecule has 2 aliphatic heterocycles. The lowest BCUT2D eigenvalue weighted by molar-refractivity contribution is -0.384. The average molecular weight is 624 g/mol. The molecule has 6 rings (SSSR count). The highest BCUT2D eigenvalue weighted by molar-refractivity contribution is 6.24. The molecule has 46 heavy (non-hydrogen) atoms. The van der Waals surface area contributed by atoms with E-state index < -0.39 is 34.8 Å². The number of imide groups is 1. The number of anilines is 2. The monoisotopic (exact) mass is 623 g/mol. The van der Waals surface area contributed by atoms with Crippen molar-refractivity contribution in [1.29, 1.82) is 0 Å². The fraction of sp³-hybridized carbons (Fsp3) is 0.257. The molecule has 0 aliphatic carbocycles. The predicted octanol–water partition coefficient (Wildman–Crippen LogP) is 6.41. The van der Waals surface area contributed by atoms with Gasteiger partial charge in [0, 0.05) is 12.1 Å². The van der Waals surface area contributed by atoms with Gasteiger partial charge in [-0.25, -0.2) is 9.96 Å². The third kappa shape index (κ3) is 5.96. The van der Waals surface area contributed by atoms with E-state index in [9.17, 15) is 19.7 Å². The van der Waals surface area contributed by atoms with Crippen molar-refractivity contribution in [2.75, 3.05) is 23.2 Å². The summed E-state index contributed by atoms with van der Waals surface area (Å²) in [6, 6.07) is 26.9. The fourth-order valence-electron chi connectivity index (χ4n) is 5.72. The Morgan fingerprint density at radius 3 is 2.30 bits per heavy atom. The summed E-state index contributed by atoms with van der Waals surface area (Å²) < 4.78 is 17.7. The van der Waals surface area contributed by atoms with E-state index in [1.165, 1.54) is 23.3 Å². The van der Waals surface area contributed by atoms with Crippen molar-refractivity contribution in [2.24, 2.45) is 5.92 Å². The molecule has 0 N–H and O–H groups in total. The van der Waals surface area contributed by atoms with Gasteiger partial charge in [-0.3, -0.25) is 24.5 Å². The van der Waals surface area contributed by atoms with Crippen LogP contribution in [0.5, 0.6) is 17.2 Å². The van der Waals surface area contributed by atoms with Crippen LogP contribution in [0.3, 0.4) is 0 Å². The molecule has 0 bridgehead atoms. The molecule has 2 fully saturated rings. The minimum absolute atomic E-state index is 0.152. The molecular formula is C35H33N3O8. The van der Waals surface area contributed by atoms with Crippen LogP contribution in [-0.4, -0.2) is 36.1 Å². The SMILES string of the molecule is CCCOc1ccc(N2C(=O)[C@@H]3[C@H](ON(c4cccc([N+](=O)[O-])c4)[C@H]3c3ccc(OCc4ccccc4)c(OCC)c3)C2=O)cc1. The van der Waals surface area contributed by atoms with E-state index >= 15 is 0 Å². The number of ether oxygens (including phenoxy) is 3. The third-order valence-corrected chi connectivity index (χ3v) is 7.82. The Hall–Kier alpha value is -5.42. The number of non-ortho nitro benzene ring substituents is 1. The molecule has 2 heterocycles. The summed E-state index contributed by atoms with van der Waals surface area (Å²) in [6.45, 7) is 5.09. The van der Waals surface area contributed by atoms with Crippen LogP contribution in [0.15, 0.2) is 97.1 Å². The van der Waals surface area contributed by atoms with Gasteiger partial charge in [0.05, 0.1) is 35.6 Å². The van der Waals surface area contributed by atoms with Gasteiger partial charge in [0.2, 0.25) is 5.91 Å². The Labute approximate surface area is 266 Å². The van der Waals surface area contributed by atoms with E-state index in [1.54, 1.807) is 48.5 Å². The van der Waals surface area contributed by atoms with Crippen LogP contribution in [0.1, 0.15) is 37.4 Å². The number of hydrogen-bond acceptors (Lipinski definition) is 9. The van der Waals surface area contributed by atoms with Crippen LogP contribution in [0, 0.1) is 16.0 Å². The first-order valence-electron chi connectivity index (χ1n) is 15.1. The number of rotatable bonds is 12. The highest BCUT2D eigenvalue weighted by atomic mass is 16.7. The topological polar surface area (TPSA) is 121 Å². The van der Waals surface area contributed by atoms with Crippen LogP contribution < -0.4 is 24.2 Å². The lowest BCUT2D eigenvalue weighted by Gasteiger charge is -2.29. The number of benzene rings is 4. The number of carbonyl (C=O) groups is 2. The van der Waals surface area contributed by atoms with Gasteiger partial charge in [-0.05, 0) is 66.9 Å². The van der Waals surface area contributed by atoms with Crippen LogP contribution in [-0.2, 0) is 21.0 Å². The van der Waals surface area contributed by atoms with Gasteiger partial charge in [0.15, 0.2) is 17.6 Å². The van der Waals surface area contributed by atoms with Gasteiger partial charge < -0.3 is 14.2 Å². The van der Waals surface area contributed by atoms with Crippen molar-refractivity contribution < 1.29 is 33.6 Å². The zero-order valence-electron chi connectivity index (χ0n) is 25.4. The fourth-order valence-corrected chi connectivity index (χ4v) is 5.72. The van der Waals surface area contributed by atoms with Crippen molar-refractivity contribution in [3.63, 3.8) is 0 Å². The van der Waals surface area contributed by atoms with Crippen molar-refractivity contribution >= 4 is 28.9 Å². The Morgan fingerprint density at radius 2 is 1.59 bits per heavy atom. The molecule has 0 radical (unpaired) electrons. The number of fused-ring (bicyclic) bond motifs is 1. The lowest BCUT2D eigenvalue weighted by Crippen LogP contribution is -2.37. The molecule has 4 aromatic rings. The van der Waals surface area contributed by atoms with Crippen LogP contribution in [0.4, 0.5) is 17.1 Å². The van der Waals surface area contributed by atoms with Gasteiger partial charge in [-0.15, -0.1) is 0 Å². The number of amides is 2. The average Bonchev–Trinajstić information content (AvgIpc) is 3.59. The molecule has 0 aromatic heterocycles. The molecular weight excluding hydrogens is 590 g/mol. The molecule has 0 saturated carbocycles. The van der Waals surface area contributed by atoms with Crippen LogP contribution >= 0.6 is 0 Å². The first-order chi connectivity index (χ1) is 22.4. The maximum Gasteiger partial charge on any atom is 0.271 e. The first kappa shape index (κ1) is 30.6. The Balaban J connectivity index is 1.37. The third-order valence-electron chi connectivity index (χ3n) is 7.82. The number of nitrogens with zero attached hydrogens (tertiary/aromatic N) is 3. The number of nitro groups is 1. The quantitative estimate of drug-likeness (QED) is 0.100. The molecule has 2 amide bonds. The highest BCUT2D eigenvalue weighted by Gasteiger charge is 2.60. The van der Waals surface area contributed by atoms with Gasteiger partial charge >= 0.3 is 0 Å². The molecule has 11 heteroatoms. The summed E-state index contributed by atoms with van der Waals surface area (Å²) in [5.74, 6) is -0.329. The number of carbonyl (C=O) groups excluding carboxylic acids is 2. The number of hydrogen-bond donors (Lipinski definition) is 0. The lowest BCUT2D eigenvalue weighted by atomic mass is 9.90. The summed E-state index contributed by atoms with van der Waals surface area (Å²) in [5, 5.41) is 13.0. The molecule has 0 spiro atoms. The molecule has 11 nitrogen and oxygen atoms in total. The van der Waals surface area contributed by atoms with Crippen molar-refractivity contribution in [3.8, 4) is 17.2 Å². The van der Waals surface area contributed by atoms with E-state index in [4.69, 9.17) is 19.0 Å². The molecule has 2 saturated heterocycles. The van der Waals surface area contributed by atoms with Crippen molar-refractivity contribution in [2.45, 2.75) is 39.0 Å². The second kappa shape index (κ2) is 13.3. The molecule has 3 atom stereocenters. The van der Waals surface area contributed by atoms with Gasteiger partial charge in [-0.1, -0.05) is 49.4 Å². The summed E-state index contributed by atoms with van der Waals surface area (Å²) in [7, 11) is 0. The summed E-state index contributed by atoms with van der Waals surface area (Å²) >= 11 is 0. The zero-order chi connectivity index (χ0) is 32.2. The van der Waals surface area contributed by atoms with E-state index in [0.717, 1.165) is 16.9 Å². The maximum atomic E-state index is 14.1. The number of nitro benzene ring substituents is 1. The highest BCUT2D eigenvalue weighted by Crippen LogP contribution is 2.49. The minimum atomic E-state index is -1.16. The zero-order valence-corrected chi connectivity index (χ0v) is 25.4. The second-order valence-corrected chi connectivity index (χ2v) is 10.9.